The fourth-order valence-electron chi connectivity index (χ4n) is 10.3. The van der Waals surface area contributed by atoms with E-state index in [2.05, 4.69) is 264 Å². The van der Waals surface area contributed by atoms with Crippen LogP contribution in [0.25, 0.3) is 105 Å². The molecule has 0 aliphatic rings. The monoisotopic (exact) mass is 880 g/mol. The topological polar surface area (TPSA) is 21.3 Å². The first-order chi connectivity index (χ1) is 34.2. The highest BCUT2D eigenvalue weighted by Crippen LogP contribution is 2.42. The zero-order valence-corrected chi connectivity index (χ0v) is 37.7. The highest BCUT2D eigenvalue weighted by molar-refractivity contribution is 6.13. The minimum Gasteiger partial charge on any atom is -0.456 e. The van der Waals surface area contributed by atoms with Gasteiger partial charge in [-0.15, -0.1) is 0 Å². The Hall–Kier alpha value is -9.18. The number of nitrogens with zero attached hydrogens (tertiary/aromatic N) is 2. The highest BCUT2D eigenvalue weighted by Gasteiger charge is 2.19. The minimum absolute atomic E-state index is 0.900. The minimum atomic E-state index is 0.900. The molecule has 0 aliphatic carbocycles. The van der Waals surface area contributed by atoms with Crippen molar-refractivity contribution in [1.29, 1.82) is 0 Å². The average molecular weight is 881 g/mol. The van der Waals surface area contributed by atoms with Crippen LogP contribution in [0.2, 0.25) is 0 Å². The van der Waals surface area contributed by atoms with E-state index in [0.29, 0.717) is 0 Å². The number of fused-ring (bicyclic) bond motifs is 6. The summed E-state index contributed by atoms with van der Waals surface area (Å²) in [5.41, 5.74) is 20.3. The van der Waals surface area contributed by atoms with Crippen molar-refractivity contribution in [2.45, 2.75) is 0 Å². The molecular formula is C66H44N2O. The lowest BCUT2D eigenvalue weighted by Gasteiger charge is -2.26. The second kappa shape index (κ2) is 16.9. The molecule has 13 aromatic rings. The van der Waals surface area contributed by atoms with Gasteiger partial charge in [0.25, 0.3) is 0 Å². The van der Waals surface area contributed by atoms with Crippen molar-refractivity contribution in [3.8, 4) is 61.3 Å². The maximum atomic E-state index is 6.26. The molecule has 0 saturated heterocycles. The van der Waals surface area contributed by atoms with Crippen LogP contribution >= 0.6 is 0 Å². The first-order valence-electron chi connectivity index (χ1n) is 23.6. The van der Waals surface area contributed by atoms with Gasteiger partial charge in [0.1, 0.15) is 11.2 Å². The lowest BCUT2D eigenvalue weighted by atomic mass is 9.95. The van der Waals surface area contributed by atoms with Gasteiger partial charge in [0.2, 0.25) is 0 Å². The molecule has 3 nitrogen and oxygen atoms in total. The second-order valence-electron chi connectivity index (χ2n) is 17.7. The predicted octanol–water partition coefficient (Wildman–Crippen LogP) is 18.5. The Bertz CT molecular complexity index is 3940. The molecule has 0 N–H and O–H groups in total. The molecule has 0 amide bonds. The molecule has 0 aliphatic heterocycles. The lowest BCUT2D eigenvalue weighted by Crippen LogP contribution is -2.10. The molecule has 0 fully saturated rings. The van der Waals surface area contributed by atoms with E-state index in [1.165, 1.54) is 44.1 Å². The summed E-state index contributed by atoms with van der Waals surface area (Å²) in [6, 6.07) is 96.1. The van der Waals surface area contributed by atoms with Crippen LogP contribution in [0.3, 0.4) is 0 Å². The van der Waals surface area contributed by atoms with Crippen LogP contribution in [0.1, 0.15) is 0 Å². The Morgan fingerprint density at radius 1 is 0.275 bits per heavy atom. The SMILES string of the molecule is c1ccc(-c2ccc(-c3cccc(N(c4ccc(-c5cccc(-c6cccc7oc8ccccc8c67)c5)cc4)c4ccc(-c5ccccc5-n5c6ccccc6c6ccccc65)cc4)c3)cc2)cc1. The van der Waals surface area contributed by atoms with Crippen LogP contribution in [-0.2, 0) is 0 Å². The van der Waals surface area contributed by atoms with Gasteiger partial charge in [0.15, 0.2) is 0 Å². The summed E-state index contributed by atoms with van der Waals surface area (Å²) < 4.78 is 8.68. The van der Waals surface area contributed by atoms with Crippen LogP contribution < -0.4 is 4.90 Å². The third-order valence-electron chi connectivity index (χ3n) is 13.6. The maximum Gasteiger partial charge on any atom is 0.136 e. The van der Waals surface area contributed by atoms with Crippen molar-refractivity contribution in [2.24, 2.45) is 0 Å². The first kappa shape index (κ1) is 40.1. The van der Waals surface area contributed by atoms with Crippen molar-refractivity contribution in [3.05, 3.63) is 267 Å². The number of para-hydroxylation sites is 4. The van der Waals surface area contributed by atoms with Gasteiger partial charge in [-0.05, 0) is 123 Å². The summed E-state index contributed by atoms with van der Waals surface area (Å²) in [7, 11) is 0. The van der Waals surface area contributed by atoms with E-state index in [0.717, 1.165) is 78.1 Å². The Labute approximate surface area is 401 Å². The van der Waals surface area contributed by atoms with Gasteiger partial charge >= 0.3 is 0 Å². The van der Waals surface area contributed by atoms with Crippen LogP contribution in [0.15, 0.2) is 271 Å². The molecular weight excluding hydrogens is 837 g/mol. The highest BCUT2D eigenvalue weighted by atomic mass is 16.3. The van der Waals surface area contributed by atoms with Gasteiger partial charge < -0.3 is 13.9 Å². The Kier molecular flexibility index (Phi) is 9.84. The smallest absolute Gasteiger partial charge is 0.136 e. The summed E-state index contributed by atoms with van der Waals surface area (Å²) >= 11 is 0. The second-order valence-corrected chi connectivity index (χ2v) is 17.7. The third kappa shape index (κ3) is 7.16. The number of furan rings is 1. The van der Waals surface area contributed by atoms with Gasteiger partial charge in [0.05, 0.1) is 16.7 Å². The van der Waals surface area contributed by atoms with Crippen molar-refractivity contribution >= 4 is 60.8 Å². The average Bonchev–Trinajstić information content (AvgIpc) is 3.98. The van der Waals surface area contributed by atoms with Crippen molar-refractivity contribution < 1.29 is 4.42 Å². The molecule has 11 aromatic carbocycles. The third-order valence-corrected chi connectivity index (χ3v) is 13.6. The fraction of sp³-hybridized carbons (Fsp3) is 0. The van der Waals surface area contributed by atoms with Crippen LogP contribution in [0, 0.1) is 0 Å². The standard InChI is InChI=1S/C66H44N2O/c1-2-15-45(16-3-1)46-31-33-47(34-32-46)51-18-13-20-55(44-51)67(53-39-35-48(36-40-53)50-17-12-19-52(43-50)57-25-14-30-65-66(57)60-24-7-11-29-64(60)69-65)54-41-37-49(38-42-54)56-21-4-8-26-61(56)68-62-27-9-5-22-58(62)59-23-6-10-28-63(59)68/h1-44H. The van der Waals surface area contributed by atoms with E-state index in [9.17, 15) is 0 Å². The fourth-order valence-corrected chi connectivity index (χ4v) is 10.3. The van der Waals surface area contributed by atoms with Crippen LogP contribution in [0.5, 0.6) is 0 Å². The van der Waals surface area contributed by atoms with Gasteiger partial charge in [-0.3, -0.25) is 0 Å². The summed E-state index contributed by atoms with van der Waals surface area (Å²) in [6.45, 7) is 0. The zero-order valence-electron chi connectivity index (χ0n) is 37.7. The molecule has 0 spiro atoms. The summed E-state index contributed by atoms with van der Waals surface area (Å²) in [5, 5.41) is 4.78. The summed E-state index contributed by atoms with van der Waals surface area (Å²) in [6.07, 6.45) is 0. The molecule has 0 bridgehead atoms. The van der Waals surface area contributed by atoms with Gasteiger partial charge in [-0.25, -0.2) is 0 Å². The molecule has 0 saturated carbocycles. The maximum absolute atomic E-state index is 6.26. The Morgan fingerprint density at radius 2 is 0.739 bits per heavy atom. The molecule has 2 heterocycles. The molecule has 0 unspecified atom stereocenters. The summed E-state index contributed by atoms with van der Waals surface area (Å²) in [4.78, 5) is 2.37. The molecule has 69 heavy (non-hydrogen) atoms. The molecule has 0 radical (unpaired) electrons. The number of anilines is 3. The largest absolute Gasteiger partial charge is 0.456 e. The van der Waals surface area contributed by atoms with Crippen LogP contribution in [0.4, 0.5) is 17.1 Å². The molecule has 324 valence electrons. The van der Waals surface area contributed by atoms with Crippen LogP contribution in [-0.4, -0.2) is 4.57 Å². The number of hydrogen-bond donors (Lipinski definition) is 0. The number of benzene rings is 11. The quantitative estimate of drug-likeness (QED) is 0.144. The molecule has 0 atom stereocenters. The first-order valence-corrected chi connectivity index (χ1v) is 23.6. The lowest BCUT2D eigenvalue weighted by molar-refractivity contribution is 0.669. The number of aromatic nitrogens is 1. The van der Waals surface area contributed by atoms with E-state index >= 15 is 0 Å². The van der Waals surface area contributed by atoms with Crippen molar-refractivity contribution in [2.75, 3.05) is 4.90 Å². The van der Waals surface area contributed by atoms with Gasteiger partial charge in [-0.2, -0.15) is 0 Å². The molecule has 2 aromatic heterocycles. The Morgan fingerprint density at radius 3 is 1.45 bits per heavy atom. The summed E-state index contributed by atoms with van der Waals surface area (Å²) in [5.74, 6) is 0. The van der Waals surface area contributed by atoms with E-state index in [-0.39, 0.29) is 0 Å². The van der Waals surface area contributed by atoms with E-state index < -0.39 is 0 Å². The number of rotatable bonds is 9. The van der Waals surface area contributed by atoms with Gasteiger partial charge in [0, 0.05) is 44.2 Å². The number of hydrogen-bond acceptors (Lipinski definition) is 2. The molecule has 3 heteroatoms. The van der Waals surface area contributed by atoms with Gasteiger partial charge in [-0.1, -0.05) is 194 Å². The van der Waals surface area contributed by atoms with E-state index in [4.69, 9.17) is 4.42 Å². The van der Waals surface area contributed by atoms with Crippen molar-refractivity contribution in [1.82, 2.24) is 4.57 Å². The zero-order chi connectivity index (χ0) is 45.7. The van der Waals surface area contributed by atoms with E-state index in [1.54, 1.807) is 0 Å². The van der Waals surface area contributed by atoms with Crippen molar-refractivity contribution in [3.63, 3.8) is 0 Å². The predicted molar refractivity (Wildman–Crippen MR) is 290 cm³/mol. The normalized spacial score (nSPS) is 11.5. The molecule has 13 rings (SSSR count). The van der Waals surface area contributed by atoms with E-state index in [1.807, 2.05) is 12.1 Å². The Balaban J connectivity index is 0.889.